The lowest BCUT2D eigenvalue weighted by Gasteiger charge is -2.06. The molecule has 1 aromatic carbocycles. The maximum atomic E-state index is 5.71. The van der Waals surface area contributed by atoms with Crippen molar-refractivity contribution in [1.29, 1.82) is 0 Å². The van der Waals surface area contributed by atoms with Crippen LogP contribution in [-0.4, -0.2) is 23.2 Å². The molecule has 20 heavy (non-hydrogen) atoms. The quantitative estimate of drug-likeness (QED) is 0.695. The standard InChI is InChI=1S/C15H17ClN2O2/c16-14-11-17-12-15(18-14)20-10-6-2-5-9-19-13-7-3-1-4-8-13/h1,3-4,7-8,11-12H,2,5-6,9-10H2. The Kier molecular flexibility index (Phi) is 6.11. The van der Waals surface area contributed by atoms with Crippen LogP contribution in [0.3, 0.4) is 0 Å². The zero-order chi connectivity index (χ0) is 14.0. The van der Waals surface area contributed by atoms with Crippen LogP contribution in [0.15, 0.2) is 42.7 Å². The van der Waals surface area contributed by atoms with Crippen molar-refractivity contribution in [1.82, 2.24) is 9.97 Å². The van der Waals surface area contributed by atoms with E-state index in [1.165, 1.54) is 6.20 Å². The number of hydrogen-bond donors (Lipinski definition) is 0. The number of rotatable bonds is 8. The Morgan fingerprint density at radius 1 is 0.900 bits per heavy atom. The van der Waals surface area contributed by atoms with Crippen LogP contribution in [0.25, 0.3) is 0 Å². The summed E-state index contributed by atoms with van der Waals surface area (Å²) >= 11 is 5.71. The predicted molar refractivity (Wildman–Crippen MR) is 78.3 cm³/mol. The first-order chi connectivity index (χ1) is 9.84. The van der Waals surface area contributed by atoms with Crippen LogP contribution in [0.4, 0.5) is 0 Å². The molecule has 0 aliphatic heterocycles. The molecule has 0 radical (unpaired) electrons. The summed E-state index contributed by atoms with van der Waals surface area (Å²) in [6, 6.07) is 9.83. The molecule has 106 valence electrons. The van der Waals surface area contributed by atoms with Crippen molar-refractivity contribution in [3.05, 3.63) is 47.9 Å². The summed E-state index contributed by atoms with van der Waals surface area (Å²) in [6.45, 7) is 1.33. The second-order valence-electron chi connectivity index (χ2n) is 4.25. The molecule has 0 bridgehead atoms. The molecule has 0 saturated carbocycles. The lowest BCUT2D eigenvalue weighted by Crippen LogP contribution is -2.02. The Labute approximate surface area is 123 Å². The first kappa shape index (κ1) is 14.6. The maximum Gasteiger partial charge on any atom is 0.233 e. The third kappa shape index (κ3) is 5.45. The minimum absolute atomic E-state index is 0.346. The average Bonchev–Trinajstić information content (AvgIpc) is 2.47. The highest BCUT2D eigenvalue weighted by Crippen LogP contribution is 2.11. The number of benzene rings is 1. The Bertz CT molecular complexity index is 508. The molecule has 5 heteroatoms. The second kappa shape index (κ2) is 8.38. The fourth-order valence-electron chi connectivity index (χ4n) is 1.66. The molecule has 1 aromatic heterocycles. The van der Waals surface area contributed by atoms with Crippen LogP contribution >= 0.6 is 11.6 Å². The van der Waals surface area contributed by atoms with Crippen molar-refractivity contribution < 1.29 is 9.47 Å². The van der Waals surface area contributed by atoms with Gasteiger partial charge in [-0.3, -0.25) is 4.98 Å². The van der Waals surface area contributed by atoms with Gasteiger partial charge in [-0.05, 0) is 31.4 Å². The molecule has 0 aliphatic rings. The van der Waals surface area contributed by atoms with E-state index in [-0.39, 0.29) is 0 Å². The van der Waals surface area contributed by atoms with E-state index in [4.69, 9.17) is 21.1 Å². The van der Waals surface area contributed by atoms with Crippen molar-refractivity contribution in [3.8, 4) is 11.6 Å². The maximum absolute atomic E-state index is 5.71. The van der Waals surface area contributed by atoms with Gasteiger partial charge in [0.1, 0.15) is 5.75 Å². The van der Waals surface area contributed by atoms with Gasteiger partial charge in [0.2, 0.25) is 5.88 Å². The minimum atomic E-state index is 0.346. The number of hydrogen-bond acceptors (Lipinski definition) is 4. The lowest BCUT2D eigenvalue weighted by molar-refractivity contribution is 0.273. The Morgan fingerprint density at radius 2 is 1.65 bits per heavy atom. The molecule has 0 saturated heterocycles. The van der Waals surface area contributed by atoms with Gasteiger partial charge >= 0.3 is 0 Å². The monoisotopic (exact) mass is 292 g/mol. The highest BCUT2D eigenvalue weighted by molar-refractivity contribution is 6.29. The van der Waals surface area contributed by atoms with Gasteiger partial charge in [0, 0.05) is 0 Å². The van der Waals surface area contributed by atoms with E-state index < -0.39 is 0 Å². The van der Waals surface area contributed by atoms with Gasteiger partial charge in [-0.15, -0.1) is 0 Å². The molecule has 4 nitrogen and oxygen atoms in total. The van der Waals surface area contributed by atoms with Gasteiger partial charge in [-0.25, -0.2) is 0 Å². The van der Waals surface area contributed by atoms with Crippen LogP contribution in [0, 0.1) is 0 Å². The summed E-state index contributed by atoms with van der Waals surface area (Å²) in [5.74, 6) is 1.39. The first-order valence-corrected chi connectivity index (χ1v) is 7.00. The second-order valence-corrected chi connectivity index (χ2v) is 4.64. The predicted octanol–water partition coefficient (Wildman–Crippen LogP) is 3.76. The molecule has 0 fully saturated rings. The largest absolute Gasteiger partial charge is 0.494 e. The molecule has 0 aliphatic carbocycles. The average molecular weight is 293 g/mol. The van der Waals surface area contributed by atoms with Gasteiger partial charge in [0.15, 0.2) is 5.15 Å². The van der Waals surface area contributed by atoms with Crippen LogP contribution in [0.2, 0.25) is 5.15 Å². The Hall–Kier alpha value is -1.81. The summed E-state index contributed by atoms with van der Waals surface area (Å²) in [5, 5.41) is 0.346. The summed E-state index contributed by atoms with van der Waals surface area (Å²) in [6.07, 6.45) is 6.03. The number of nitrogens with zero attached hydrogens (tertiary/aromatic N) is 2. The van der Waals surface area contributed by atoms with Gasteiger partial charge in [-0.1, -0.05) is 29.8 Å². The van der Waals surface area contributed by atoms with E-state index in [0.717, 1.165) is 31.6 Å². The Balaban J connectivity index is 1.52. The number of halogens is 1. The minimum Gasteiger partial charge on any atom is -0.494 e. The van der Waals surface area contributed by atoms with E-state index in [1.807, 2.05) is 30.3 Å². The molecule has 0 N–H and O–H groups in total. The number of unbranched alkanes of at least 4 members (excludes halogenated alkanes) is 2. The molecule has 2 rings (SSSR count). The third-order valence-electron chi connectivity index (χ3n) is 2.63. The summed E-state index contributed by atoms with van der Waals surface area (Å²) < 4.78 is 11.1. The van der Waals surface area contributed by atoms with E-state index in [9.17, 15) is 0 Å². The number of ether oxygens (including phenoxy) is 2. The molecule has 0 atom stereocenters. The zero-order valence-electron chi connectivity index (χ0n) is 11.2. The van der Waals surface area contributed by atoms with E-state index in [1.54, 1.807) is 6.20 Å². The van der Waals surface area contributed by atoms with E-state index in [2.05, 4.69) is 9.97 Å². The molecular formula is C15H17ClN2O2. The van der Waals surface area contributed by atoms with E-state index >= 15 is 0 Å². The summed E-state index contributed by atoms with van der Waals surface area (Å²) in [5.41, 5.74) is 0. The van der Waals surface area contributed by atoms with Crippen molar-refractivity contribution in [2.24, 2.45) is 0 Å². The van der Waals surface area contributed by atoms with Crippen molar-refractivity contribution in [2.75, 3.05) is 13.2 Å². The SMILES string of the molecule is Clc1cncc(OCCCCCOc2ccccc2)n1. The normalized spacial score (nSPS) is 10.2. The van der Waals surface area contributed by atoms with Crippen molar-refractivity contribution >= 4 is 11.6 Å². The number of aromatic nitrogens is 2. The smallest absolute Gasteiger partial charge is 0.233 e. The fourth-order valence-corrected chi connectivity index (χ4v) is 1.80. The van der Waals surface area contributed by atoms with Gasteiger partial charge in [0.05, 0.1) is 25.6 Å². The van der Waals surface area contributed by atoms with Crippen molar-refractivity contribution in [2.45, 2.75) is 19.3 Å². The van der Waals surface area contributed by atoms with Gasteiger partial charge in [0.25, 0.3) is 0 Å². The highest BCUT2D eigenvalue weighted by Gasteiger charge is 1.98. The molecule has 0 amide bonds. The Morgan fingerprint density at radius 3 is 2.40 bits per heavy atom. The fraction of sp³-hybridized carbons (Fsp3) is 0.333. The lowest BCUT2D eigenvalue weighted by atomic mass is 10.2. The van der Waals surface area contributed by atoms with Crippen LogP contribution in [-0.2, 0) is 0 Å². The van der Waals surface area contributed by atoms with Gasteiger partial charge in [-0.2, -0.15) is 4.98 Å². The molecular weight excluding hydrogens is 276 g/mol. The molecule has 2 aromatic rings. The zero-order valence-corrected chi connectivity index (χ0v) is 11.9. The van der Waals surface area contributed by atoms with E-state index in [0.29, 0.717) is 17.6 Å². The van der Waals surface area contributed by atoms with Crippen LogP contribution in [0.1, 0.15) is 19.3 Å². The van der Waals surface area contributed by atoms with Gasteiger partial charge < -0.3 is 9.47 Å². The first-order valence-electron chi connectivity index (χ1n) is 6.63. The summed E-state index contributed by atoms with van der Waals surface area (Å²) in [4.78, 5) is 7.91. The topological polar surface area (TPSA) is 44.2 Å². The molecule has 0 unspecified atom stereocenters. The highest BCUT2D eigenvalue weighted by atomic mass is 35.5. The number of para-hydroxylation sites is 1. The third-order valence-corrected chi connectivity index (χ3v) is 2.82. The molecule has 0 spiro atoms. The summed E-state index contributed by atoms with van der Waals surface area (Å²) in [7, 11) is 0. The van der Waals surface area contributed by atoms with Crippen LogP contribution < -0.4 is 9.47 Å². The molecule has 1 heterocycles. The van der Waals surface area contributed by atoms with Crippen LogP contribution in [0.5, 0.6) is 11.6 Å². The van der Waals surface area contributed by atoms with Crippen molar-refractivity contribution in [3.63, 3.8) is 0 Å².